The van der Waals surface area contributed by atoms with E-state index < -0.39 is 16.1 Å². The minimum absolute atomic E-state index is 0.000275. The minimum atomic E-state index is -0.516. The van der Waals surface area contributed by atoms with E-state index in [-0.39, 0.29) is 29.7 Å². The summed E-state index contributed by atoms with van der Waals surface area (Å²) in [5, 5.41) is 13.2. The Balaban J connectivity index is 1.41. The summed E-state index contributed by atoms with van der Waals surface area (Å²) in [6, 6.07) is 16.3. The fourth-order valence-corrected chi connectivity index (χ4v) is 4.71. The number of non-ortho nitro benzene ring substituents is 1. The van der Waals surface area contributed by atoms with Gasteiger partial charge in [0.1, 0.15) is 0 Å². The number of aryl methyl sites for hydroxylation is 2. The number of carbonyl (C=O) groups is 3. The van der Waals surface area contributed by atoms with Crippen molar-refractivity contribution in [1.82, 2.24) is 4.90 Å². The summed E-state index contributed by atoms with van der Waals surface area (Å²) < 4.78 is 11.1. The average molecular weight is 548 g/mol. The van der Waals surface area contributed by atoms with E-state index in [1.165, 1.54) is 31.4 Å². The number of amides is 3. The SMILES string of the molecule is COc1cc(/C=C2\SC(=O)N(Cc3ccc([N+](=O)[O-])cc3)C2=O)ccc1OCC(=O)Nc1ccc(C)cc1C. The van der Waals surface area contributed by atoms with Crippen LogP contribution in [0.1, 0.15) is 22.3 Å². The zero-order valence-corrected chi connectivity index (χ0v) is 22.2. The van der Waals surface area contributed by atoms with Crippen LogP contribution in [0.15, 0.2) is 65.6 Å². The number of thioether (sulfide) groups is 1. The maximum absolute atomic E-state index is 12.9. The number of hydrogen-bond acceptors (Lipinski definition) is 8. The highest BCUT2D eigenvalue weighted by molar-refractivity contribution is 8.18. The van der Waals surface area contributed by atoms with Gasteiger partial charge in [-0.05, 0) is 66.6 Å². The third-order valence-corrected chi connectivity index (χ3v) is 6.77. The van der Waals surface area contributed by atoms with Gasteiger partial charge in [-0.1, -0.05) is 35.9 Å². The molecule has 1 saturated heterocycles. The molecule has 0 unspecified atom stereocenters. The number of nitro groups is 1. The highest BCUT2D eigenvalue weighted by Crippen LogP contribution is 2.35. The summed E-state index contributed by atoms with van der Waals surface area (Å²) in [7, 11) is 1.46. The van der Waals surface area contributed by atoms with Crippen molar-refractivity contribution in [1.29, 1.82) is 0 Å². The number of imide groups is 1. The smallest absolute Gasteiger partial charge is 0.293 e. The van der Waals surface area contributed by atoms with Crippen LogP contribution >= 0.6 is 11.8 Å². The molecule has 0 atom stereocenters. The van der Waals surface area contributed by atoms with Crippen LogP contribution in [0.25, 0.3) is 6.08 Å². The molecule has 4 rings (SSSR count). The molecule has 1 aliphatic rings. The van der Waals surface area contributed by atoms with Gasteiger partial charge in [-0.15, -0.1) is 0 Å². The van der Waals surface area contributed by atoms with Gasteiger partial charge >= 0.3 is 0 Å². The summed E-state index contributed by atoms with van der Waals surface area (Å²) in [6.45, 7) is 3.66. The number of nitro benzene ring substituents is 1. The quantitative estimate of drug-likeness (QED) is 0.212. The van der Waals surface area contributed by atoms with Crippen molar-refractivity contribution in [3.05, 3.63) is 97.9 Å². The predicted octanol–water partition coefficient (Wildman–Crippen LogP) is 5.47. The van der Waals surface area contributed by atoms with Crippen LogP contribution in [0.5, 0.6) is 11.5 Å². The first-order valence-electron chi connectivity index (χ1n) is 11.8. The Bertz CT molecular complexity index is 1480. The minimum Gasteiger partial charge on any atom is -0.493 e. The van der Waals surface area contributed by atoms with Gasteiger partial charge in [0.25, 0.3) is 22.7 Å². The third kappa shape index (κ3) is 6.63. The molecular weight excluding hydrogens is 522 g/mol. The van der Waals surface area contributed by atoms with Crippen LogP contribution in [0, 0.1) is 24.0 Å². The molecule has 11 heteroatoms. The molecule has 1 N–H and O–H groups in total. The lowest BCUT2D eigenvalue weighted by Gasteiger charge is -2.13. The lowest BCUT2D eigenvalue weighted by Crippen LogP contribution is -2.27. The van der Waals surface area contributed by atoms with Gasteiger partial charge in [0.2, 0.25) is 0 Å². The first-order valence-corrected chi connectivity index (χ1v) is 12.6. The molecule has 39 heavy (non-hydrogen) atoms. The van der Waals surface area contributed by atoms with Crippen molar-refractivity contribution >= 4 is 46.3 Å². The lowest BCUT2D eigenvalue weighted by molar-refractivity contribution is -0.384. The summed E-state index contributed by atoms with van der Waals surface area (Å²) in [4.78, 5) is 49.4. The Morgan fingerprint density at radius 2 is 1.79 bits per heavy atom. The second kappa shape index (κ2) is 11.8. The Kier molecular flexibility index (Phi) is 8.30. The van der Waals surface area contributed by atoms with Gasteiger partial charge in [0.15, 0.2) is 18.1 Å². The van der Waals surface area contributed by atoms with Crippen LogP contribution in [0.2, 0.25) is 0 Å². The second-order valence-corrected chi connectivity index (χ2v) is 9.75. The number of benzene rings is 3. The monoisotopic (exact) mass is 547 g/mol. The fraction of sp³-hybridized carbons (Fsp3) is 0.179. The molecule has 0 bridgehead atoms. The highest BCUT2D eigenvalue weighted by atomic mass is 32.2. The maximum Gasteiger partial charge on any atom is 0.293 e. The molecule has 10 nitrogen and oxygen atoms in total. The summed E-state index contributed by atoms with van der Waals surface area (Å²) in [5.74, 6) is -0.0922. The summed E-state index contributed by atoms with van der Waals surface area (Å²) in [5.41, 5.74) is 3.87. The molecule has 0 saturated carbocycles. The Labute approximate surface area is 228 Å². The predicted molar refractivity (Wildman–Crippen MR) is 148 cm³/mol. The molecular formula is C28H25N3O7S. The maximum atomic E-state index is 12.9. The average Bonchev–Trinajstić information content (AvgIpc) is 3.17. The highest BCUT2D eigenvalue weighted by Gasteiger charge is 2.35. The largest absolute Gasteiger partial charge is 0.493 e. The van der Waals surface area contributed by atoms with Crippen molar-refractivity contribution in [2.24, 2.45) is 0 Å². The van der Waals surface area contributed by atoms with E-state index in [1.807, 2.05) is 32.0 Å². The van der Waals surface area contributed by atoms with E-state index in [0.29, 0.717) is 28.3 Å². The summed E-state index contributed by atoms with van der Waals surface area (Å²) in [6.07, 6.45) is 1.57. The van der Waals surface area contributed by atoms with E-state index in [9.17, 15) is 24.5 Å². The van der Waals surface area contributed by atoms with Crippen molar-refractivity contribution in [2.75, 3.05) is 19.0 Å². The molecule has 3 amide bonds. The van der Waals surface area contributed by atoms with Gasteiger partial charge in [0.05, 0.1) is 23.5 Å². The van der Waals surface area contributed by atoms with E-state index in [4.69, 9.17) is 9.47 Å². The first kappa shape index (κ1) is 27.4. The van der Waals surface area contributed by atoms with E-state index in [1.54, 1.807) is 24.3 Å². The molecule has 1 fully saturated rings. The van der Waals surface area contributed by atoms with Gasteiger partial charge in [-0.2, -0.15) is 0 Å². The molecule has 3 aromatic rings. The molecule has 0 aromatic heterocycles. The van der Waals surface area contributed by atoms with Crippen molar-refractivity contribution in [3.8, 4) is 11.5 Å². The topological polar surface area (TPSA) is 128 Å². The number of carbonyl (C=O) groups excluding carboxylic acids is 3. The first-order chi connectivity index (χ1) is 18.6. The van der Waals surface area contributed by atoms with Crippen LogP contribution in [-0.4, -0.2) is 40.6 Å². The lowest BCUT2D eigenvalue weighted by atomic mass is 10.1. The Morgan fingerprint density at radius 1 is 1.05 bits per heavy atom. The van der Waals surface area contributed by atoms with Crippen LogP contribution < -0.4 is 14.8 Å². The van der Waals surface area contributed by atoms with E-state index in [0.717, 1.165) is 27.8 Å². The number of anilines is 1. The number of ether oxygens (including phenoxy) is 2. The summed E-state index contributed by atoms with van der Waals surface area (Å²) >= 11 is 0.804. The molecule has 1 heterocycles. The van der Waals surface area contributed by atoms with Gasteiger partial charge in [-0.3, -0.25) is 29.4 Å². The van der Waals surface area contributed by atoms with E-state index >= 15 is 0 Å². The van der Waals surface area contributed by atoms with Gasteiger partial charge < -0.3 is 14.8 Å². The number of hydrogen-bond donors (Lipinski definition) is 1. The molecule has 0 radical (unpaired) electrons. The molecule has 0 aliphatic carbocycles. The molecule has 200 valence electrons. The third-order valence-electron chi connectivity index (χ3n) is 5.86. The fourth-order valence-electron chi connectivity index (χ4n) is 3.87. The standard InChI is InChI=1S/C28H25N3O7S/c1-17-4-10-22(18(2)12-17)29-26(32)16-38-23-11-7-20(13-24(23)37-3)14-25-27(33)30(28(34)39-25)15-19-5-8-21(9-6-19)31(35)36/h4-14H,15-16H2,1-3H3,(H,29,32)/b25-14-. The van der Waals surface area contributed by atoms with Gasteiger partial charge in [-0.25, -0.2) is 0 Å². The van der Waals surface area contributed by atoms with Crippen LogP contribution in [-0.2, 0) is 16.1 Å². The number of nitrogens with zero attached hydrogens (tertiary/aromatic N) is 2. The number of nitrogens with one attached hydrogen (secondary N) is 1. The van der Waals surface area contributed by atoms with Crippen LogP contribution in [0.4, 0.5) is 16.2 Å². The molecule has 1 aliphatic heterocycles. The zero-order chi connectivity index (χ0) is 28.1. The number of methoxy groups -OCH3 is 1. The Hall–Kier alpha value is -4.64. The van der Waals surface area contributed by atoms with Gasteiger partial charge in [0, 0.05) is 17.8 Å². The number of rotatable bonds is 9. The van der Waals surface area contributed by atoms with E-state index in [2.05, 4.69) is 5.32 Å². The van der Waals surface area contributed by atoms with Crippen molar-refractivity contribution in [2.45, 2.75) is 20.4 Å². The molecule has 3 aromatic carbocycles. The molecule has 0 spiro atoms. The normalized spacial score (nSPS) is 14.0. The van der Waals surface area contributed by atoms with Crippen molar-refractivity contribution < 1.29 is 28.8 Å². The second-order valence-electron chi connectivity index (χ2n) is 8.76. The van der Waals surface area contributed by atoms with Crippen LogP contribution in [0.3, 0.4) is 0 Å². The van der Waals surface area contributed by atoms with Crippen molar-refractivity contribution in [3.63, 3.8) is 0 Å². The zero-order valence-electron chi connectivity index (χ0n) is 21.4. The Morgan fingerprint density at radius 3 is 2.46 bits per heavy atom.